The van der Waals surface area contributed by atoms with E-state index in [0.29, 0.717) is 12.0 Å². The van der Waals surface area contributed by atoms with Crippen molar-refractivity contribution in [1.29, 1.82) is 0 Å². The first-order valence-electron chi connectivity index (χ1n) is 7.33. The van der Waals surface area contributed by atoms with Gasteiger partial charge in [0.25, 0.3) is 0 Å². The van der Waals surface area contributed by atoms with E-state index in [1.54, 1.807) is 0 Å². The molecule has 1 aromatic carbocycles. The van der Waals surface area contributed by atoms with Gasteiger partial charge in [-0.3, -0.25) is 0 Å². The Balaban J connectivity index is 2.07. The van der Waals surface area contributed by atoms with Crippen molar-refractivity contribution < 1.29 is 4.42 Å². The lowest BCUT2D eigenvalue weighted by Crippen LogP contribution is -2.34. The molecule has 1 aromatic heterocycles. The number of nitrogens with one attached hydrogen (secondary N) is 1. The topological polar surface area (TPSA) is 25.2 Å². The van der Waals surface area contributed by atoms with Crippen molar-refractivity contribution in [2.45, 2.75) is 46.6 Å². The number of rotatable bonds is 6. The SMILES string of the molecule is CCNC(CCc1cc2cccc(C)c2o1)C(C)C. The molecule has 0 spiro atoms. The van der Waals surface area contributed by atoms with Crippen LogP contribution in [0.5, 0.6) is 0 Å². The molecule has 0 fully saturated rings. The van der Waals surface area contributed by atoms with Crippen molar-refractivity contribution in [3.8, 4) is 0 Å². The van der Waals surface area contributed by atoms with Crippen LogP contribution >= 0.6 is 0 Å². The van der Waals surface area contributed by atoms with E-state index in [0.717, 1.165) is 30.7 Å². The molecule has 104 valence electrons. The van der Waals surface area contributed by atoms with Gasteiger partial charge in [-0.15, -0.1) is 0 Å². The Morgan fingerprint density at radius 2 is 2.05 bits per heavy atom. The second kappa shape index (κ2) is 6.25. The molecule has 0 bridgehead atoms. The lowest BCUT2D eigenvalue weighted by atomic mass is 9.98. The average Bonchev–Trinajstić information content (AvgIpc) is 2.78. The highest BCUT2D eigenvalue weighted by molar-refractivity contribution is 5.80. The van der Waals surface area contributed by atoms with Crippen LogP contribution < -0.4 is 5.32 Å². The minimum Gasteiger partial charge on any atom is -0.461 e. The molecule has 1 unspecified atom stereocenters. The lowest BCUT2D eigenvalue weighted by molar-refractivity contribution is 0.374. The summed E-state index contributed by atoms with van der Waals surface area (Å²) in [6.07, 6.45) is 2.13. The molecule has 2 nitrogen and oxygen atoms in total. The van der Waals surface area contributed by atoms with Gasteiger partial charge in [0.1, 0.15) is 11.3 Å². The molecular weight excluding hydrogens is 234 g/mol. The van der Waals surface area contributed by atoms with Crippen molar-refractivity contribution in [3.05, 3.63) is 35.6 Å². The zero-order valence-electron chi connectivity index (χ0n) is 12.5. The summed E-state index contributed by atoms with van der Waals surface area (Å²) >= 11 is 0. The van der Waals surface area contributed by atoms with Gasteiger partial charge in [0.15, 0.2) is 0 Å². The van der Waals surface area contributed by atoms with E-state index >= 15 is 0 Å². The minimum atomic E-state index is 0.569. The highest BCUT2D eigenvalue weighted by atomic mass is 16.3. The molecule has 0 aliphatic heterocycles. The first-order chi connectivity index (χ1) is 9.11. The Hall–Kier alpha value is -1.28. The Morgan fingerprint density at radius 1 is 1.26 bits per heavy atom. The number of benzene rings is 1. The third-order valence-electron chi connectivity index (χ3n) is 3.76. The van der Waals surface area contributed by atoms with Crippen LogP contribution in [0.3, 0.4) is 0 Å². The fraction of sp³-hybridized carbons (Fsp3) is 0.529. The minimum absolute atomic E-state index is 0.569. The molecule has 0 saturated heterocycles. The highest BCUT2D eigenvalue weighted by Gasteiger charge is 2.13. The molecule has 0 saturated carbocycles. The summed E-state index contributed by atoms with van der Waals surface area (Å²) < 4.78 is 5.98. The van der Waals surface area contributed by atoms with E-state index in [4.69, 9.17) is 4.42 Å². The number of hydrogen-bond acceptors (Lipinski definition) is 2. The summed E-state index contributed by atoms with van der Waals surface area (Å²) in [6.45, 7) is 9.85. The summed E-state index contributed by atoms with van der Waals surface area (Å²) in [4.78, 5) is 0. The number of aryl methyl sites for hydroxylation is 2. The summed E-state index contributed by atoms with van der Waals surface area (Å²) in [6, 6.07) is 9.07. The van der Waals surface area contributed by atoms with Crippen molar-refractivity contribution in [1.82, 2.24) is 5.32 Å². The first-order valence-corrected chi connectivity index (χ1v) is 7.33. The van der Waals surface area contributed by atoms with Gasteiger partial charge in [0.05, 0.1) is 0 Å². The summed E-state index contributed by atoms with van der Waals surface area (Å²) in [5, 5.41) is 4.78. The van der Waals surface area contributed by atoms with Gasteiger partial charge in [-0.05, 0) is 37.4 Å². The van der Waals surface area contributed by atoms with Crippen LogP contribution in [-0.4, -0.2) is 12.6 Å². The van der Waals surface area contributed by atoms with Gasteiger partial charge < -0.3 is 9.73 Å². The number of para-hydroxylation sites is 1. The molecule has 2 aromatic rings. The van der Waals surface area contributed by atoms with E-state index in [2.05, 4.69) is 57.3 Å². The van der Waals surface area contributed by atoms with Crippen LogP contribution in [-0.2, 0) is 6.42 Å². The number of hydrogen-bond donors (Lipinski definition) is 1. The molecule has 0 aliphatic carbocycles. The van der Waals surface area contributed by atoms with Crippen LogP contribution in [0, 0.1) is 12.8 Å². The van der Waals surface area contributed by atoms with E-state index in [1.165, 1.54) is 10.9 Å². The van der Waals surface area contributed by atoms with Crippen molar-refractivity contribution in [2.24, 2.45) is 5.92 Å². The highest BCUT2D eigenvalue weighted by Crippen LogP contribution is 2.24. The van der Waals surface area contributed by atoms with Gasteiger partial charge in [0, 0.05) is 17.8 Å². The monoisotopic (exact) mass is 259 g/mol. The molecule has 2 rings (SSSR count). The van der Waals surface area contributed by atoms with E-state index < -0.39 is 0 Å². The summed E-state index contributed by atoms with van der Waals surface area (Å²) in [5.41, 5.74) is 2.26. The standard InChI is InChI=1S/C17H25NO/c1-5-18-16(12(2)3)10-9-15-11-14-8-6-7-13(4)17(14)19-15/h6-8,11-12,16,18H,5,9-10H2,1-4H3. The first kappa shape index (κ1) is 14.1. The zero-order chi connectivity index (χ0) is 13.8. The van der Waals surface area contributed by atoms with Gasteiger partial charge in [0.2, 0.25) is 0 Å². The van der Waals surface area contributed by atoms with Crippen LogP contribution in [0.15, 0.2) is 28.7 Å². The zero-order valence-corrected chi connectivity index (χ0v) is 12.5. The number of furan rings is 1. The van der Waals surface area contributed by atoms with Crippen LogP contribution in [0.25, 0.3) is 11.0 Å². The third-order valence-corrected chi connectivity index (χ3v) is 3.76. The predicted molar refractivity (Wildman–Crippen MR) is 81.6 cm³/mol. The molecule has 1 heterocycles. The van der Waals surface area contributed by atoms with Crippen LogP contribution in [0.4, 0.5) is 0 Å². The fourth-order valence-corrected chi connectivity index (χ4v) is 2.62. The van der Waals surface area contributed by atoms with Gasteiger partial charge in [-0.1, -0.05) is 39.0 Å². The quantitative estimate of drug-likeness (QED) is 0.836. The van der Waals surface area contributed by atoms with Gasteiger partial charge >= 0.3 is 0 Å². The number of fused-ring (bicyclic) bond motifs is 1. The molecule has 1 N–H and O–H groups in total. The Labute approximate surface area is 116 Å². The second-order valence-electron chi connectivity index (χ2n) is 5.65. The van der Waals surface area contributed by atoms with Crippen LogP contribution in [0.2, 0.25) is 0 Å². The maximum Gasteiger partial charge on any atom is 0.137 e. The van der Waals surface area contributed by atoms with Crippen LogP contribution in [0.1, 0.15) is 38.5 Å². The van der Waals surface area contributed by atoms with E-state index in [9.17, 15) is 0 Å². The predicted octanol–water partition coefficient (Wildman–Crippen LogP) is 4.31. The molecule has 19 heavy (non-hydrogen) atoms. The Bertz CT molecular complexity index is 527. The Morgan fingerprint density at radius 3 is 2.68 bits per heavy atom. The smallest absolute Gasteiger partial charge is 0.137 e. The maximum atomic E-state index is 5.98. The largest absolute Gasteiger partial charge is 0.461 e. The molecule has 0 radical (unpaired) electrons. The fourth-order valence-electron chi connectivity index (χ4n) is 2.62. The van der Waals surface area contributed by atoms with E-state index in [-0.39, 0.29) is 0 Å². The Kier molecular flexibility index (Phi) is 4.65. The summed E-state index contributed by atoms with van der Waals surface area (Å²) in [5.74, 6) is 1.76. The molecular formula is C17H25NO. The second-order valence-corrected chi connectivity index (χ2v) is 5.65. The maximum absolute atomic E-state index is 5.98. The molecule has 0 aliphatic rings. The summed E-state index contributed by atoms with van der Waals surface area (Å²) in [7, 11) is 0. The lowest BCUT2D eigenvalue weighted by Gasteiger charge is -2.21. The van der Waals surface area contributed by atoms with Crippen molar-refractivity contribution in [3.63, 3.8) is 0 Å². The molecule has 1 atom stereocenters. The van der Waals surface area contributed by atoms with Gasteiger partial charge in [-0.25, -0.2) is 0 Å². The van der Waals surface area contributed by atoms with E-state index in [1.807, 2.05) is 0 Å². The van der Waals surface area contributed by atoms with Crippen molar-refractivity contribution >= 4 is 11.0 Å². The molecule has 0 amide bonds. The third kappa shape index (κ3) is 3.38. The van der Waals surface area contributed by atoms with Crippen molar-refractivity contribution in [2.75, 3.05) is 6.54 Å². The molecule has 2 heteroatoms. The average molecular weight is 259 g/mol. The van der Waals surface area contributed by atoms with Gasteiger partial charge in [-0.2, -0.15) is 0 Å². The normalized spacial score (nSPS) is 13.3.